The fourth-order valence-electron chi connectivity index (χ4n) is 3.79. The average molecular weight is 534 g/mol. The molecule has 1 aliphatic heterocycles. The van der Waals surface area contributed by atoms with Gasteiger partial charge in [0.1, 0.15) is 0 Å². The summed E-state index contributed by atoms with van der Waals surface area (Å²) in [6.07, 6.45) is 1.43. The van der Waals surface area contributed by atoms with Crippen molar-refractivity contribution in [1.29, 1.82) is 0 Å². The van der Waals surface area contributed by atoms with Crippen molar-refractivity contribution in [1.82, 2.24) is 14.5 Å². The van der Waals surface area contributed by atoms with Crippen molar-refractivity contribution in [3.63, 3.8) is 0 Å². The molecule has 0 bridgehead atoms. The Morgan fingerprint density at radius 2 is 1.78 bits per heavy atom. The first-order valence-corrected chi connectivity index (χ1v) is 13.5. The Balaban J connectivity index is 1.67. The molecule has 0 aliphatic carbocycles. The Labute approximate surface area is 217 Å². The van der Waals surface area contributed by atoms with Crippen LogP contribution in [0.1, 0.15) is 13.8 Å². The number of nitrogens with zero attached hydrogens (tertiary/aromatic N) is 3. The molecular weight excluding hydrogens is 502 g/mol. The number of hydrogen-bond donors (Lipinski definition) is 2. The van der Waals surface area contributed by atoms with Crippen molar-refractivity contribution in [2.45, 2.75) is 24.8 Å². The fraction of sp³-hybridized carbons (Fsp3) is 0.360. The van der Waals surface area contributed by atoms with Gasteiger partial charge < -0.3 is 20.4 Å². The summed E-state index contributed by atoms with van der Waals surface area (Å²) in [5, 5.41) is 5.98. The fourth-order valence-corrected chi connectivity index (χ4v) is 5.35. The van der Waals surface area contributed by atoms with Crippen LogP contribution in [0.3, 0.4) is 0 Å². The van der Waals surface area contributed by atoms with Crippen molar-refractivity contribution in [3.05, 3.63) is 66.2 Å². The number of urea groups is 1. The molecule has 36 heavy (non-hydrogen) atoms. The van der Waals surface area contributed by atoms with E-state index >= 15 is 0 Å². The number of piperazine rings is 1. The maximum atomic E-state index is 13.0. The van der Waals surface area contributed by atoms with Crippen LogP contribution in [-0.4, -0.2) is 74.9 Å². The largest absolute Gasteiger partial charge is 0.368 e. The minimum Gasteiger partial charge on any atom is -0.368 e. The van der Waals surface area contributed by atoms with Crippen LogP contribution in [0.5, 0.6) is 0 Å². The van der Waals surface area contributed by atoms with Crippen LogP contribution in [0.2, 0.25) is 5.02 Å². The molecule has 9 nitrogen and oxygen atoms in total. The molecule has 1 saturated heterocycles. The highest BCUT2D eigenvalue weighted by molar-refractivity contribution is 7.89. The summed E-state index contributed by atoms with van der Waals surface area (Å²) in [5.41, 5.74) is 1.23. The number of rotatable bonds is 9. The van der Waals surface area contributed by atoms with Crippen LogP contribution in [0.15, 0.2) is 66.1 Å². The van der Waals surface area contributed by atoms with Crippen molar-refractivity contribution < 1.29 is 18.0 Å². The lowest BCUT2D eigenvalue weighted by molar-refractivity contribution is -0.116. The Hall–Kier alpha value is -3.08. The molecule has 2 N–H and O–H groups in total. The van der Waals surface area contributed by atoms with Crippen molar-refractivity contribution in [2.75, 3.05) is 49.5 Å². The Bertz CT molecular complexity index is 1180. The number of sulfonamides is 1. The molecule has 3 amide bonds. The molecule has 194 valence electrons. The SMILES string of the molecule is C=CCN(CC(=O)Nc1cc(N2CCN(C(=O)NC(C)C)CC2)ccc1Cl)S(=O)(=O)c1ccccc1. The molecule has 3 rings (SSSR count). The predicted molar refractivity (Wildman–Crippen MR) is 143 cm³/mol. The van der Waals surface area contributed by atoms with E-state index in [1.807, 2.05) is 19.9 Å². The third kappa shape index (κ3) is 6.99. The third-order valence-electron chi connectivity index (χ3n) is 5.60. The normalized spacial score (nSPS) is 14.1. The molecule has 0 aromatic heterocycles. The van der Waals surface area contributed by atoms with Crippen molar-refractivity contribution in [2.24, 2.45) is 0 Å². The van der Waals surface area contributed by atoms with Gasteiger partial charge in [0.2, 0.25) is 15.9 Å². The predicted octanol–water partition coefficient (Wildman–Crippen LogP) is 3.40. The van der Waals surface area contributed by atoms with Gasteiger partial charge in [0.25, 0.3) is 0 Å². The molecule has 2 aromatic rings. The van der Waals surface area contributed by atoms with Crippen LogP contribution in [0, 0.1) is 0 Å². The van der Waals surface area contributed by atoms with E-state index in [0.717, 1.165) is 9.99 Å². The molecule has 1 heterocycles. The second kappa shape index (κ2) is 12.2. The monoisotopic (exact) mass is 533 g/mol. The minimum atomic E-state index is -3.88. The van der Waals surface area contributed by atoms with Crippen LogP contribution in [-0.2, 0) is 14.8 Å². The summed E-state index contributed by atoms with van der Waals surface area (Å²) >= 11 is 6.33. The van der Waals surface area contributed by atoms with Crippen molar-refractivity contribution in [3.8, 4) is 0 Å². The minimum absolute atomic E-state index is 0.0208. The van der Waals surface area contributed by atoms with Gasteiger partial charge in [-0.15, -0.1) is 6.58 Å². The van der Waals surface area contributed by atoms with E-state index < -0.39 is 22.5 Å². The average Bonchev–Trinajstić information content (AvgIpc) is 2.85. The number of anilines is 2. The number of nitrogens with one attached hydrogen (secondary N) is 2. The first-order chi connectivity index (χ1) is 17.1. The molecule has 1 aliphatic rings. The zero-order chi connectivity index (χ0) is 26.3. The topological polar surface area (TPSA) is 102 Å². The highest BCUT2D eigenvalue weighted by Crippen LogP contribution is 2.28. The van der Waals surface area contributed by atoms with Gasteiger partial charge in [-0.05, 0) is 44.2 Å². The smallest absolute Gasteiger partial charge is 0.317 e. The van der Waals surface area contributed by atoms with E-state index in [4.69, 9.17) is 11.6 Å². The van der Waals surface area contributed by atoms with E-state index in [2.05, 4.69) is 22.1 Å². The summed E-state index contributed by atoms with van der Waals surface area (Å²) in [6.45, 7) is 9.43. The Morgan fingerprint density at radius 3 is 2.39 bits per heavy atom. The van der Waals surface area contributed by atoms with Crippen LogP contribution >= 0.6 is 11.6 Å². The molecule has 0 atom stereocenters. The maximum absolute atomic E-state index is 13.0. The number of carbonyl (C=O) groups is 2. The molecule has 0 saturated carbocycles. The lowest BCUT2D eigenvalue weighted by Gasteiger charge is -2.36. The van der Waals surface area contributed by atoms with Gasteiger partial charge >= 0.3 is 6.03 Å². The van der Waals surface area contributed by atoms with Gasteiger partial charge in [-0.25, -0.2) is 13.2 Å². The second-order valence-corrected chi connectivity index (χ2v) is 11.0. The molecule has 0 radical (unpaired) electrons. The number of carbonyl (C=O) groups excluding carboxylic acids is 2. The van der Waals surface area contributed by atoms with Gasteiger partial charge in [-0.2, -0.15) is 4.31 Å². The third-order valence-corrected chi connectivity index (χ3v) is 7.76. The zero-order valence-electron chi connectivity index (χ0n) is 20.5. The quantitative estimate of drug-likeness (QED) is 0.481. The van der Waals surface area contributed by atoms with E-state index in [1.165, 1.54) is 18.2 Å². The van der Waals surface area contributed by atoms with E-state index in [9.17, 15) is 18.0 Å². The Morgan fingerprint density at radius 1 is 1.11 bits per heavy atom. The molecule has 0 unspecified atom stereocenters. The lowest BCUT2D eigenvalue weighted by atomic mass is 10.2. The summed E-state index contributed by atoms with van der Waals surface area (Å²) in [5.74, 6) is -0.523. The second-order valence-electron chi connectivity index (χ2n) is 8.69. The molecule has 2 aromatic carbocycles. The van der Waals surface area contributed by atoms with E-state index in [-0.39, 0.29) is 23.5 Å². The van der Waals surface area contributed by atoms with E-state index in [0.29, 0.717) is 36.9 Å². The van der Waals surface area contributed by atoms with Gasteiger partial charge in [0.15, 0.2) is 0 Å². The number of benzene rings is 2. The maximum Gasteiger partial charge on any atom is 0.317 e. The van der Waals surface area contributed by atoms with Gasteiger partial charge in [-0.3, -0.25) is 4.79 Å². The summed E-state index contributed by atoms with van der Waals surface area (Å²) in [7, 11) is -3.88. The molecule has 0 spiro atoms. The van der Waals surface area contributed by atoms with Gasteiger partial charge in [0.05, 0.1) is 22.2 Å². The van der Waals surface area contributed by atoms with Crippen molar-refractivity contribution >= 4 is 44.9 Å². The standard InChI is InChI=1S/C25H32ClN5O4S/c1-4-12-31(36(34,35)21-8-6-5-7-9-21)18-24(32)28-23-17-20(10-11-22(23)26)29-13-15-30(16-14-29)25(33)27-19(2)3/h4-11,17,19H,1,12-16,18H2,2-3H3,(H,27,33)(H,28,32). The number of amides is 3. The van der Waals surface area contributed by atoms with Crippen LogP contribution in [0.4, 0.5) is 16.2 Å². The summed E-state index contributed by atoms with van der Waals surface area (Å²) in [4.78, 5) is 29.1. The zero-order valence-corrected chi connectivity index (χ0v) is 22.1. The first kappa shape index (κ1) is 27.5. The summed E-state index contributed by atoms with van der Waals surface area (Å²) < 4.78 is 27.1. The van der Waals surface area contributed by atoms with Crippen LogP contribution in [0.25, 0.3) is 0 Å². The Kier molecular flexibility index (Phi) is 9.36. The lowest BCUT2D eigenvalue weighted by Crippen LogP contribution is -2.52. The van der Waals surface area contributed by atoms with Crippen LogP contribution < -0.4 is 15.5 Å². The van der Waals surface area contributed by atoms with Gasteiger partial charge in [0, 0.05) is 44.5 Å². The van der Waals surface area contributed by atoms with Gasteiger partial charge in [-0.1, -0.05) is 35.9 Å². The molecular formula is C25H32ClN5O4S. The highest BCUT2D eigenvalue weighted by atomic mass is 35.5. The first-order valence-electron chi connectivity index (χ1n) is 11.7. The molecule has 11 heteroatoms. The number of halogens is 1. The molecule has 1 fully saturated rings. The highest BCUT2D eigenvalue weighted by Gasteiger charge is 2.26. The van der Waals surface area contributed by atoms with E-state index in [1.54, 1.807) is 35.2 Å². The summed E-state index contributed by atoms with van der Waals surface area (Å²) in [6, 6.07) is 13.2. The number of hydrogen-bond acceptors (Lipinski definition) is 5.